The average molecular weight is 287 g/mol. The molecule has 0 spiro atoms. The predicted molar refractivity (Wildman–Crippen MR) is 66.4 cm³/mol. The Morgan fingerprint density at radius 1 is 1.62 bits per heavy atom. The van der Waals surface area contributed by atoms with Crippen LogP contribution in [0, 0.1) is 0 Å². The van der Waals surface area contributed by atoms with E-state index in [2.05, 4.69) is 21.2 Å². The van der Waals surface area contributed by atoms with E-state index in [1.807, 2.05) is 6.92 Å². The molecule has 5 heteroatoms. The number of hydrogen-bond acceptors (Lipinski definition) is 3. The van der Waals surface area contributed by atoms with Crippen LogP contribution in [-0.2, 0) is 0 Å². The number of amides is 1. The van der Waals surface area contributed by atoms with Gasteiger partial charge in [-0.15, -0.1) is 0 Å². The fourth-order valence-corrected chi connectivity index (χ4v) is 1.37. The molecule has 0 radical (unpaired) electrons. The number of nitrogens with two attached hydrogens (primary N) is 1. The number of halogens is 1. The van der Waals surface area contributed by atoms with Gasteiger partial charge in [0.25, 0.3) is 5.91 Å². The van der Waals surface area contributed by atoms with Crippen LogP contribution >= 0.6 is 15.9 Å². The topological polar surface area (TPSA) is 75.3 Å². The summed E-state index contributed by atoms with van der Waals surface area (Å²) in [6.45, 7) is 2.40. The number of aromatic hydroxyl groups is 1. The van der Waals surface area contributed by atoms with Gasteiger partial charge in [0.05, 0.1) is 4.47 Å². The Morgan fingerprint density at radius 3 is 2.88 bits per heavy atom. The van der Waals surface area contributed by atoms with E-state index in [1.54, 1.807) is 12.1 Å². The van der Waals surface area contributed by atoms with E-state index in [0.717, 1.165) is 6.42 Å². The van der Waals surface area contributed by atoms with Crippen LogP contribution in [0.25, 0.3) is 0 Å². The highest BCUT2D eigenvalue weighted by atomic mass is 79.9. The highest BCUT2D eigenvalue weighted by molar-refractivity contribution is 9.10. The number of rotatable bonds is 4. The minimum Gasteiger partial charge on any atom is -0.507 e. The van der Waals surface area contributed by atoms with Crippen molar-refractivity contribution in [3.05, 3.63) is 28.2 Å². The van der Waals surface area contributed by atoms with Crippen LogP contribution in [0.5, 0.6) is 5.75 Å². The summed E-state index contributed by atoms with van der Waals surface area (Å²) in [5.41, 5.74) is 6.10. The van der Waals surface area contributed by atoms with Gasteiger partial charge in [-0.1, -0.05) is 6.92 Å². The zero-order chi connectivity index (χ0) is 12.1. The summed E-state index contributed by atoms with van der Waals surface area (Å²) in [5, 5.41) is 12.1. The van der Waals surface area contributed by atoms with E-state index in [-0.39, 0.29) is 17.7 Å². The minimum atomic E-state index is -0.230. The Kier molecular flexibility index (Phi) is 4.76. The van der Waals surface area contributed by atoms with Crippen LogP contribution in [0.15, 0.2) is 22.7 Å². The molecule has 0 heterocycles. The second-order valence-corrected chi connectivity index (χ2v) is 4.40. The highest BCUT2D eigenvalue weighted by Gasteiger charge is 2.08. The molecule has 0 aliphatic heterocycles. The Bertz CT molecular complexity index is 382. The lowest BCUT2D eigenvalue weighted by Gasteiger charge is -2.10. The number of hydrogen-bond donors (Lipinski definition) is 3. The van der Waals surface area contributed by atoms with Crippen LogP contribution in [-0.4, -0.2) is 23.6 Å². The number of phenolic OH excluding ortho intramolecular Hbond substituents is 1. The van der Waals surface area contributed by atoms with Gasteiger partial charge < -0.3 is 16.2 Å². The molecule has 1 rings (SSSR count). The third-order valence-corrected chi connectivity index (χ3v) is 2.93. The van der Waals surface area contributed by atoms with Crippen molar-refractivity contribution in [3.63, 3.8) is 0 Å². The summed E-state index contributed by atoms with van der Waals surface area (Å²) in [6.07, 6.45) is 0.811. The summed E-state index contributed by atoms with van der Waals surface area (Å²) < 4.78 is 0.564. The quantitative estimate of drug-likeness (QED) is 0.787. The zero-order valence-corrected chi connectivity index (χ0v) is 10.6. The fraction of sp³-hybridized carbons (Fsp3) is 0.364. The maximum atomic E-state index is 11.6. The van der Waals surface area contributed by atoms with E-state index in [0.29, 0.717) is 16.6 Å². The Balaban J connectivity index is 2.63. The molecule has 0 aromatic heterocycles. The second kappa shape index (κ2) is 5.86. The van der Waals surface area contributed by atoms with Gasteiger partial charge in [-0.05, 0) is 40.5 Å². The molecule has 1 atom stereocenters. The first-order valence-electron chi connectivity index (χ1n) is 5.07. The van der Waals surface area contributed by atoms with Crippen LogP contribution in [0.3, 0.4) is 0 Å². The Morgan fingerprint density at radius 2 is 2.31 bits per heavy atom. The molecule has 0 bridgehead atoms. The summed E-state index contributed by atoms with van der Waals surface area (Å²) >= 11 is 3.15. The minimum absolute atomic E-state index is 0.0343. The van der Waals surface area contributed by atoms with Gasteiger partial charge in [0.15, 0.2) is 0 Å². The fourth-order valence-electron chi connectivity index (χ4n) is 1.12. The van der Waals surface area contributed by atoms with Crippen molar-refractivity contribution in [2.75, 3.05) is 6.54 Å². The molecule has 1 aromatic carbocycles. The molecule has 1 amide bonds. The standard InChI is InChI=1S/C11H15BrN2O2/c1-2-8(13)6-14-11(16)7-3-4-9(12)10(15)5-7/h3-5,8,15H,2,6,13H2,1H3,(H,14,16). The van der Waals surface area contributed by atoms with Crippen molar-refractivity contribution in [3.8, 4) is 5.75 Å². The lowest BCUT2D eigenvalue weighted by molar-refractivity contribution is 0.0950. The molecule has 1 unspecified atom stereocenters. The maximum absolute atomic E-state index is 11.6. The van der Waals surface area contributed by atoms with Crippen molar-refractivity contribution in [1.29, 1.82) is 0 Å². The van der Waals surface area contributed by atoms with Gasteiger partial charge in [0.1, 0.15) is 5.75 Å². The molecule has 0 saturated carbocycles. The van der Waals surface area contributed by atoms with E-state index < -0.39 is 0 Å². The second-order valence-electron chi connectivity index (χ2n) is 3.54. The third-order valence-electron chi connectivity index (χ3n) is 2.26. The SMILES string of the molecule is CCC(N)CNC(=O)c1ccc(Br)c(O)c1. The first-order valence-corrected chi connectivity index (χ1v) is 5.86. The molecule has 0 aliphatic rings. The predicted octanol–water partition coefficient (Wildman–Crippen LogP) is 1.62. The summed E-state index contributed by atoms with van der Waals surface area (Å²) in [5.74, 6) is -0.181. The third kappa shape index (κ3) is 3.50. The molecule has 0 fully saturated rings. The normalized spacial score (nSPS) is 12.2. The average Bonchev–Trinajstić information content (AvgIpc) is 2.29. The molecule has 0 saturated heterocycles. The monoisotopic (exact) mass is 286 g/mol. The van der Waals surface area contributed by atoms with Crippen LogP contribution in [0.4, 0.5) is 0 Å². The van der Waals surface area contributed by atoms with Crippen molar-refractivity contribution < 1.29 is 9.90 Å². The summed E-state index contributed by atoms with van der Waals surface area (Å²) in [7, 11) is 0. The van der Waals surface area contributed by atoms with Crippen molar-refractivity contribution in [2.24, 2.45) is 5.73 Å². The van der Waals surface area contributed by atoms with Gasteiger partial charge in [0.2, 0.25) is 0 Å². The first-order chi connectivity index (χ1) is 7.54. The molecule has 88 valence electrons. The van der Waals surface area contributed by atoms with Crippen molar-refractivity contribution in [2.45, 2.75) is 19.4 Å². The van der Waals surface area contributed by atoms with Crippen molar-refractivity contribution >= 4 is 21.8 Å². The lowest BCUT2D eigenvalue weighted by Crippen LogP contribution is -2.36. The number of benzene rings is 1. The number of carbonyl (C=O) groups excluding carboxylic acids is 1. The van der Waals surface area contributed by atoms with Gasteiger partial charge >= 0.3 is 0 Å². The maximum Gasteiger partial charge on any atom is 0.251 e. The molecule has 4 N–H and O–H groups in total. The van der Waals surface area contributed by atoms with Gasteiger partial charge in [0, 0.05) is 18.2 Å². The zero-order valence-electron chi connectivity index (χ0n) is 9.03. The van der Waals surface area contributed by atoms with Gasteiger partial charge in [-0.3, -0.25) is 4.79 Å². The molecule has 1 aromatic rings. The Labute approximate surface area is 103 Å². The largest absolute Gasteiger partial charge is 0.507 e. The van der Waals surface area contributed by atoms with E-state index >= 15 is 0 Å². The van der Waals surface area contributed by atoms with E-state index in [4.69, 9.17) is 5.73 Å². The summed E-state index contributed by atoms with van der Waals surface area (Å²) in [6, 6.07) is 4.64. The van der Waals surface area contributed by atoms with Gasteiger partial charge in [-0.25, -0.2) is 0 Å². The van der Waals surface area contributed by atoms with Crippen LogP contribution < -0.4 is 11.1 Å². The highest BCUT2D eigenvalue weighted by Crippen LogP contribution is 2.24. The molecular formula is C11H15BrN2O2. The van der Waals surface area contributed by atoms with Crippen LogP contribution in [0.2, 0.25) is 0 Å². The lowest BCUT2D eigenvalue weighted by atomic mass is 10.2. The first kappa shape index (κ1) is 13.0. The summed E-state index contributed by atoms with van der Waals surface area (Å²) in [4.78, 5) is 11.6. The van der Waals surface area contributed by atoms with E-state index in [9.17, 15) is 9.90 Å². The smallest absolute Gasteiger partial charge is 0.251 e. The molecular weight excluding hydrogens is 272 g/mol. The molecule has 4 nitrogen and oxygen atoms in total. The molecule has 16 heavy (non-hydrogen) atoms. The van der Waals surface area contributed by atoms with E-state index in [1.165, 1.54) is 6.07 Å². The van der Waals surface area contributed by atoms with Crippen LogP contribution in [0.1, 0.15) is 23.7 Å². The Hall–Kier alpha value is -1.07. The number of carbonyl (C=O) groups is 1. The number of phenols is 1. The molecule has 0 aliphatic carbocycles. The number of nitrogens with one attached hydrogen (secondary N) is 1. The van der Waals surface area contributed by atoms with Crippen molar-refractivity contribution in [1.82, 2.24) is 5.32 Å². The van der Waals surface area contributed by atoms with Gasteiger partial charge in [-0.2, -0.15) is 0 Å².